The van der Waals surface area contributed by atoms with Gasteiger partial charge in [0.15, 0.2) is 6.29 Å². The van der Waals surface area contributed by atoms with Crippen LogP contribution < -0.4 is 154 Å². The number of rotatable bonds is 21. The molecule has 0 saturated carbocycles. The number of hydrazone groups is 1. The van der Waals surface area contributed by atoms with Crippen molar-refractivity contribution in [3.8, 4) is 11.5 Å². The molecule has 0 saturated heterocycles. The first-order chi connectivity index (χ1) is 34.9. The third-order valence-electron chi connectivity index (χ3n) is 8.56. The number of hydrogen-bond donors (Lipinski definition) is 16. The van der Waals surface area contributed by atoms with Gasteiger partial charge in [0.2, 0.25) is 17.1 Å². The van der Waals surface area contributed by atoms with Gasteiger partial charge in [-0.1, -0.05) is 31.9 Å². The molecule has 0 unspecified atom stereocenters. The maximum absolute atomic E-state index is 11.6. The largest absolute Gasteiger partial charge is 1.00 e. The summed E-state index contributed by atoms with van der Waals surface area (Å²) in [5.74, 6) is 1.01. The van der Waals surface area contributed by atoms with Crippen LogP contribution in [0.15, 0.2) is 47.3 Å². The fourth-order valence-electron chi connectivity index (χ4n) is 4.24. The maximum Gasteiger partial charge on any atom is 1.00 e. The monoisotopic (exact) mass is 1610 g/mol. The molecule has 50 heteroatoms. The number of esters is 2. The van der Waals surface area contributed by atoms with Gasteiger partial charge in [-0.05, 0) is 89.3 Å². The predicted molar refractivity (Wildman–Crippen MR) is 271 cm³/mol. The quantitative estimate of drug-likeness (QED) is 0.00635. The van der Waals surface area contributed by atoms with Crippen LogP contribution in [-0.2, 0) is 60.8 Å². The molecule has 0 atom stereocenters. The molecule has 0 aliphatic carbocycles. The van der Waals surface area contributed by atoms with Crippen LogP contribution in [0.1, 0.15) is 67.3 Å². The number of halogens is 5. The Bertz CT molecular complexity index is 2650. The second-order valence-corrected chi connectivity index (χ2v) is 29.9. The Kier molecular flexibility index (Phi) is 50.9. The smallest absolute Gasteiger partial charge is 0.808 e. The summed E-state index contributed by atoms with van der Waals surface area (Å²) >= 11 is 17.5. The van der Waals surface area contributed by atoms with E-state index in [1.165, 1.54) is 18.6 Å². The number of hydrogen-bond acceptors (Lipinski definition) is 25. The maximum atomic E-state index is 11.6. The Labute approximate surface area is 590 Å². The van der Waals surface area contributed by atoms with Crippen LogP contribution in [0.2, 0.25) is 0 Å². The zero-order chi connectivity index (χ0) is 62.4. The molecule has 2 aromatic rings. The molecule has 2 aromatic carbocycles. The molecular formula is C32H45Br4ClN4Na4O31P6. The molecule has 35 nitrogen and oxygen atoms in total. The fraction of sp³-hybridized carbons (Fsp3) is 0.406. The average molecular weight is 1610 g/mol. The summed E-state index contributed by atoms with van der Waals surface area (Å²) in [6.45, 7) is 0. The van der Waals surface area contributed by atoms with Gasteiger partial charge in [0, 0.05) is 53.0 Å². The number of phenolic OH excluding ortho intramolecular Hbond substituents is 2. The summed E-state index contributed by atoms with van der Waals surface area (Å²) < 4.78 is 75.5. The molecule has 0 bridgehead atoms. The molecule has 2 amide bonds. The Hall–Kier alpha value is 1.88. The summed E-state index contributed by atoms with van der Waals surface area (Å²) in [5, 5.41) is 38.7. The van der Waals surface area contributed by atoms with Gasteiger partial charge in [-0.2, -0.15) is 5.10 Å². The van der Waals surface area contributed by atoms with Crippen LogP contribution in [0, 0.1) is 0 Å². The third kappa shape index (κ3) is 34.3. The van der Waals surface area contributed by atoms with Crippen molar-refractivity contribution in [2.75, 3.05) is 14.2 Å². The number of amides is 2. The van der Waals surface area contributed by atoms with E-state index < -0.39 is 128 Å². The number of nitrogens with zero attached hydrogens (tertiary/aromatic N) is 1. The number of phenols is 2. The first kappa shape index (κ1) is 97.5. The minimum Gasteiger partial charge on any atom is -0.808 e. The van der Waals surface area contributed by atoms with Gasteiger partial charge >= 0.3 is 161 Å². The number of nitrogens with one attached hydrogen (secondary N) is 2. The van der Waals surface area contributed by atoms with E-state index in [9.17, 15) is 96.2 Å². The standard InChI is InChI=1S/C11H14Br2N2O9P2.C7H4Br2O2.C5H7ClO3.C5H12O9P2.C4H12N2O8P2.4Na/c12-7-3-6(10(17)8(13)4-7)5-14-15-9(16)1-2-11(18,25(19,20)21)26(22,23)24;8-5-1-4(3-10)7(11)6(9)2-5;1-9-5(8)3-2-4(6)7;1-14-4(6)2-3-5(7,15(8,9)10)16(11,12)13;5-6-3(7)1-2-4(8,15(9,10)11)16(12,13)14;;;;/h3-5,17-18H,1-2H2,(H,15,16)(H2,19,20,21)(H2,22,23,24);1-3,11H;2-3H2,1H3;7H,2-3H2,1H3,(H2,8,9,10)(H2,11,12,13);8H,1-2,5H2,(H,6,7)(H2,9,10,11)(H2,12,13,14);;;;/q;;;;;4*+1/p-4/b14-5+;;;;;;;;. The number of hydrazine groups is 1. The SMILES string of the molecule is COC(=O)CCC(=O)Cl.COC(=O)CCC(O)(P(=O)(O)O)P(=O)(O)O.NNC(=O)CCC(O)(P(=O)([O-])[O-])P(=O)([O-])[O-].O=C(CCC(O)(P(=O)(O)O)P(=O)(O)O)N/N=C/c1cc(Br)cc(Br)c1O.O=Cc1cc(Br)cc(Br)c1O.[Na+].[Na+].[Na+].[Na+]. The minimum atomic E-state index is -6.13. The second-order valence-electron chi connectivity index (χ2n) is 14.1. The van der Waals surface area contributed by atoms with Crippen molar-refractivity contribution < 1.29 is 268 Å². The number of aromatic hydroxyl groups is 2. The molecule has 2 rings (SSSR count). The molecular weight excluding hydrogens is 1570 g/mol. The number of carbonyl (C=O) groups is 6. The molecule has 0 fully saturated rings. The van der Waals surface area contributed by atoms with E-state index in [1.807, 2.05) is 5.43 Å². The second kappa shape index (κ2) is 42.8. The van der Waals surface area contributed by atoms with Gasteiger partial charge in [-0.15, -0.1) is 0 Å². The van der Waals surface area contributed by atoms with Crippen LogP contribution in [-0.4, -0.2) is 136 Å². The molecule has 0 spiro atoms. The topological polar surface area (TPSA) is 641 Å². The number of benzene rings is 2. The minimum absolute atomic E-state index is 0. The van der Waals surface area contributed by atoms with Crippen molar-refractivity contribution in [2.45, 2.75) is 66.6 Å². The number of aliphatic hydroxyl groups is 3. The van der Waals surface area contributed by atoms with Crippen LogP contribution in [0.3, 0.4) is 0 Å². The van der Waals surface area contributed by atoms with Gasteiger partial charge < -0.3 is 103 Å². The summed E-state index contributed by atoms with van der Waals surface area (Å²) in [6, 6.07) is 6.27. The van der Waals surface area contributed by atoms with E-state index in [2.05, 4.69) is 84.1 Å². The summed E-state index contributed by atoms with van der Waals surface area (Å²) in [5.41, 5.74) is 3.93. The van der Waals surface area contributed by atoms with Crippen molar-refractivity contribution in [1.82, 2.24) is 10.9 Å². The van der Waals surface area contributed by atoms with Crippen molar-refractivity contribution in [3.05, 3.63) is 53.3 Å². The van der Waals surface area contributed by atoms with Crippen LogP contribution >= 0.6 is 121 Å². The van der Waals surface area contributed by atoms with Gasteiger partial charge in [0.05, 0.1) is 41.4 Å². The van der Waals surface area contributed by atoms with Crippen molar-refractivity contribution >= 4 is 162 Å². The Morgan fingerprint density at radius 3 is 1.22 bits per heavy atom. The van der Waals surface area contributed by atoms with Crippen LogP contribution in [0.4, 0.5) is 0 Å². The van der Waals surface area contributed by atoms with E-state index in [0.29, 0.717) is 19.7 Å². The molecule has 0 aromatic heterocycles. The number of ether oxygens (including phenoxy) is 2. The third-order valence-corrected chi connectivity index (χ3v) is 22.3. The number of aldehydes is 1. The molecule has 0 radical (unpaired) electrons. The zero-order valence-corrected chi connectivity index (χ0v) is 63.3. The van der Waals surface area contributed by atoms with E-state index in [-0.39, 0.29) is 154 Å². The van der Waals surface area contributed by atoms with E-state index in [4.69, 9.17) is 55.9 Å². The van der Waals surface area contributed by atoms with Gasteiger partial charge in [0.1, 0.15) is 16.6 Å². The molecule has 82 heavy (non-hydrogen) atoms. The Morgan fingerprint density at radius 1 is 0.585 bits per heavy atom. The van der Waals surface area contributed by atoms with Gasteiger partial charge in [-0.25, -0.2) is 11.3 Å². The molecule has 17 N–H and O–H groups in total. The Balaban J connectivity index is -0.000000178. The first-order valence-electron chi connectivity index (χ1n) is 19.3. The average Bonchev–Trinajstić information content (AvgIpc) is 3.29. The zero-order valence-electron chi connectivity index (χ0n) is 42.9. The molecule has 0 heterocycles. The summed E-state index contributed by atoms with van der Waals surface area (Å²) in [6.07, 6.45) is -4.36. The Morgan fingerprint density at radius 2 is 0.902 bits per heavy atom. The number of carbonyl (C=O) groups excluding carboxylic acids is 6. The summed E-state index contributed by atoms with van der Waals surface area (Å²) in [4.78, 5) is 176. The number of methoxy groups -OCH3 is 2. The molecule has 448 valence electrons. The molecule has 0 aliphatic heterocycles. The van der Waals surface area contributed by atoms with E-state index >= 15 is 0 Å². The number of nitrogens with two attached hydrogens (primary N) is 1. The van der Waals surface area contributed by atoms with Crippen molar-refractivity contribution in [2.24, 2.45) is 10.9 Å². The summed E-state index contributed by atoms with van der Waals surface area (Å²) in [7, 11) is -32.2. The van der Waals surface area contributed by atoms with Gasteiger partial charge in [0.25, 0.3) is 10.2 Å². The van der Waals surface area contributed by atoms with Gasteiger partial charge in [-0.3, -0.25) is 52.5 Å². The van der Waals surface area contributed by atoms with Crippen molar-refractivity contribution in [3.63, 3.8) is 0 Å². The van der Waals surface area contributed by atoms with Crippen LogP contribution in [0.5, 0.6) is 11.5 Å². The van der Waals surface area contributed by atoms with Crippen LogP contribution in [0.25, 0.3) is 0 Å². The predicted octanol–water partition coefficient (Wildman–Crippen LogP) is -13.2. The fourth-order valence-corrected chi connectivity index (χ4v) is 13.2. The normalized spacial score (nSPS) is 11.7. The van der Waals surface area contributed by atoms with E-state index in [0.717, 1.165) is 17.8 Å². The van der Waals surface area contributed by atoms with Crippen molar-refractivity contribution in [1.29, 1.82) is 0 Å². The first-order valence-corrected chi connectivity index (χ1v) is 32.4. The molecule has 0 aliphatic rings. The van der Waals surface area contributed by atoms with E-state index in [1.54, 1.807) is 18.2 Å².